The number of nitrogens with zero attached hydrogens (tertiary/aromatic N) is 2. The van der Waals surface area contributed by atoms with Gasteiger partial charge in [0.1, 0.15) is 5.82 Å². The summed E-state index contributed by atoms with van der Waals surface area (Å²) in [7, 11) is 0. The summed E-state index contributed by atoms with van der Waals surface area (Å²) in [4.78, 5) is 24.8. The van der Waals surface area contributed by atoms with Crippen LogP contribution in [0.4, 0.5) is 5.82 Å². The second-order valence-corrected chi connectivity index (χ2v) is 6.15. The Morgan fingerprint density at radius 1 is 1.35 bits per heavy atom. The number of carbonyl (C=O) groups is 2. The summed E-state index contributed by atoms with van der Waals surface area (Å²) >= 11 is 1.51. The predicted octanol–water partition coefficient (Wildman–Crippen LogP) is 3.11. The summed E-state index contributed by atoms with van der Waals surface area (Å²) in [5, 5.41) is 8.76. The summed E-state index contributed by atoms with van der Waals surface area (Å²) in [6, 6.07) is 5.59. The Labute approximate surface area is 138 Å². The Kier molecular flexibility index (Phi) is 5.70. The SMILES string of the molecule is CC(C)n1nccc1NC(=O)[C@@H](C)OC(=O)/C=C/c1cccs1. The van der Waals surface area contributed by atoms with E-state index < -0.39 is 18.0 Å². The van der Waals surface area contributed by atoms with Crippen LogP contribution in [0.15, 0.2) is 35.9 Å². The van der Waals surface area contributed by atoms with E-state index in [0.717, 1.165) is 4.88 Å². The van der Waals surface area contributed by atoms with Gasteiger partial charge >= 0.3 is 5.97 Å². The number of rotatable bonds is 6. The molecule has 0 radical (unpaired) electrons. The molecule has 0 aromatic carbocycles. The zero-order valence-corrected chi connectivity index (χ0v) is 14.0. The van der Waals surface area contributed by atoms with E-state index in [1.165, 1.54) is 24.3 Å². The van der Waals surface area contributed by atoms with Crippen LogP contribution in [-0.2, 0) is 14.3 Å². The van der Waals surface area contributed by atoms with Gasteiger partial charge in [0.25, 0.3) is 5.91 Å². The number of aromatic nitrogens is 2. The average molecular weight is 333 g/mol. The van der Waals surface area contributed by atoms with E-state index in [1.807, 2.05) is 31.4 Å². The topological polar surface area (TPSA) is 73.2 Å². The highest BCUT2D eigenvalue weighted by Crippen LogP contribution is 2.14. The van der Waals surface area contributed by atoms with Crippen LogP contribution in [-0.4, -0.2) is 27.8 Å². The molecule has 1 N–H and O–H groups in total. The molecule has 1 amide bonds. The van der Waals surface area contributed by atoms with Gasteiger partial charge < -0.3 is 10.1 Å². The molecule has 7 heteroatoms. The number of nitrogens with one attached hydrogen (secondary N) is 1. The summed E-state index contributed by atoms with van der Waals surface area (Å²) < 4.78 is 6.78. The highest BCUT2D eigenvalue weighted by Gasteiger charge is 2.18. The van der Waals surface area contributed by atoms with Crippen LogP contribution in [0, 0.1) is 0 Å². The zero-order chi connectivity index (χ0) is 16.8. The van der Waals surface area contributed by atoms with Crippen molar-refractivity contribution in [2.24, 2.45) is 0 Å². The molecule has 0 aliphatic carbocycles. The minimum atomic E-state index is -0.897. The van der Waals surface area contributed by atoms with Gasteiger partial charge in [0.05, 0.1) is 6.20 Å². The van der Waals surface area contributed by atoms with Gasteiger partial charge in [0, 0.05) is 23.1 Å². The van der Waals surface area contributed by atoms with Gasteiger partial charge in [-0.3, -0.25) is 4.79 Å². The molecule has 0 spiro atoms. The maximum Gasteiger partial charge on any atom is 0.331 e. The molecule has 0 aliphatic rings. The Bertz CT molecular complexity index is 689. The zero-order valence-electron chi connectivity index (χ0n) is 13.2. The first-order valence-electron chi connectivity index (χ1n) is 7.24. The summed E-state index contributed by atoms with van der Waals surface area (Å²) in [6.45, 7) is 5.45. The molecule has 122 valence electrons. The van der Waals surface area contributed by atoms with Crippen LogP contribution < -0.4 is 5.32 Å². The molecule has 0 saturated carbocycles. The molecular formula is C16H19N3O3S. The van der Waals surface area contributed by atoms with Crippen molar-refractivity contribution in [1.29, 1.82) is 0 Å². The van der Waals surface area contributed by atoms with Crippen LogP contribution in [0.3, 0.4) is 0 Å². The minimum absolute atomic E-state index is 0.117. The van der Waals surface area contributed by atoms with Gasteiger partial charge in [-0.05, 0) is 38.3 Å². The third-order valence-corrected chi connectivity index (χ3v) is 3.84. The summed E-state index contributed by atoms with van der Waals surface area (Å²) in [5.41, 5.74) is 0. The monoisotopic (exact) mass is 333 g/mol. The van der Waals surface area contributed by atoms with E-state index in [4.69, 9.17) is 4.74 Å². The summed E-state index contributed by atoms with van der Waals surface area (Å²) in [5.74, 6) is -0.384. The number of amides is 1. The highest BCUT2D eigenvalue weighted by molar-refractivity contribution is 7.10. The number of esters is 1. The predicted molar refractivity (Wildman–Crippen MR) is 90.1 cm³/mol. The van der Waals surface area contributed by atoms with E-state index in [-0.39, 0.29) is 6.04 Å². The number of hydrogen-bond acceptors (Lipinski definition) is 5. The lowest BCUT2D eigenvalue weighted by Crippen LogP contribution is -2.30. The van der Waals surface area contributed by atoms with Gasteiger partial charge in [-0.2, -0.15) is 5.10 Å². The van der Waals surface area contributed by atoms with Crippen LogP contribution >= 0.6 is 11.3 Å². The first-order chi connectivity index (χ1) is 11.0. The molecule has 0 aliphatic heterocycles. The molecule has 0 fully saturated rings. The number of ether oxygens (including phenoxy) is 1. The fraction of sp³-hybridized carbons (Fsp3) is 0.312. The Morgan fingerprint density at radius 3 is 2.78 bits per heavy atom. The van der Waals surface area contributed by atoms with Crippen molar-refractivity contribution in [2.75, 3.05) is 5.32 Å². The van der Waals surface area contributed by atoms with Crippen LogP contribution in [0.5, 0.6) is 0 Å². The maximum atomic E-state index is 12.1. The van der Waals surface area contributed by atoms with Crippen molar-refractivity contribution in [3.05, 3.63) is 40.7 Å². The Balaban J connectivity index is 1.89. The lowest BCUT2D eigenvalue weighted by atomic mass is 10.3. The lowest BCUT2D eigenvalue weighted by Gasteiger charge is -2.15. The lowest BCUT2D eigenvalue weighted by molar-refractivity contribution is -0.148. The second kappa shape index (κ2) is 7.73. The molecule has 2 aromatic heterocycles. The Hall–Kier alpha value is -2.41. The second-order valence-electron chi connectivity index (χ2n) is 5.17. The third kappa shape index (κ3) is 4.79. The van der Waals surface area contributed by atoms with Crippen molar-refractivity contribution < 1.29 is 14.3 Å². The number of hydrogen-bond donors (Lipinski definition) is 1. The molecule has 0 saturated heterocycles. The van der Waals surface area contributed by atoms with Gasteiger partial charge in [0.2, 0.25) is 0 Å². The van der Waals surface area contributed by atoms with E-state index in [1.54, 1.807) is 23.0 Å². The van der Waals surface area contributed by atoms with E-state index >= 15 is 0 Å². The summed E-state index contributed by atoms with van der Waals surface area (Å²) in [6.07, 6.45) is 3.68. The van der Waals surface area contributed by atoms with Gasteiger partial charge in [-0.15, -0.1) is 11.3 Å². The molecule has 23 heavy (non-hydrogen) atoms. The molecule has 2 aromatic rings. The van der Waals surface area contributed by atoms with Gasteiger partial charge in [-0.1, -0.05) is 6.07 Å². The molecule has 6 nitrogen and oxygen atoms in total. The van der Waals surface area contributed by atoms with Crippen LogP contribution in [0.25, 0.3) is 6.08 Å². The molecule has 0 unspecified atom stereocenters. The van der Waals surface area contributed by atoms with Crippen LogP contribution in [0.1, 0.15) is 31.7 Å². The smallest absolute Gasteiger partial charge is 0.331 e. The van der Waals surface area contributed by atoms with E-state index in [2.05, 4.69) is 10.4 Å². The number of anilines is 1. The average Bonchev–Trinajstić information content (AvgIpc) is 3.16. The standard InChI is InChI=1S/C16H19N3O3S/c1-11(2)19-14(8-9-17-19)18-16(21)12(3)22-15(20)7-6-13-5-4-10-23-13/h4-12H,1-3H3,(H,18,21)/b7-6+/t12-/m1/s1. The molecule has 0 bridgehead atoms. The van der Waals surface area contributed by atoms with Gasteiger partial charge in [0.15, 0.2) is 6.10 Å². The van der Waals surface area contributed by atoms with Crippen molar-refractivity contribution in [1.82, 2.24) is 9.78 Å². The molecule has 1 atom stereocenters. The normalized spacial score (nSPS) is 12.5. The van der Waals surface area contributed by atoms with E-state index in [0.29, 0.717) is 5.82 Å². The number of carbonyl (C=O) groups excluding carboxylic acids is 2. The van der Waals surface area contributed by atoms with E-state index in [9.17, 15) is 9.59 Å². The first-order valence-corrected chi connectivity index (χ1v) is 8.12. The molecule has 2 rings (SSSR count). The van der Waals surface area contributed by atoms with Crippen LogP contribution in [0.2, 0.25) is 0 Å². The van der Waals surface area contributed by atoms with Crippen molar-refractivity contribution in [3.8, 4) is 0 Å². The van der Waals surface area contributed by atoms with Crippen molar-refractivity contribution >= 4 is 35.1 Å². The quantitative estimate of drug-likeness (QED) is 0.651. The van der Waals surface area contributed by atoms with Crippen molar-refractivity contribution in [3.63, 3.8) is 0 Å². The third-order valence-electron chi connectivity index (χ3n) is 3.00. The maximum absolute atomic E-state index is 12.1. The fourth-order valence-electron chi connectivity index (χ4n) is 1.86. The van der Waals surface area contributed by atoms with Gasteiger partial charge in [-0.25, -0.2) is 9.48 Å². The highest BCUT2D eigenvalue weighted by atomic mass is 32.1. The Morgan fingerprint density at radius 2 is 2.13 bits per heavy atom. The number of thiophene rings is 1. The molecule has 2 heterocycles. The fourth-order valence-corrected chi connectivity index (χ4v) is 2.47. The largest absolute Gasteiger partial charge is 0.449 e. The molecular weight excluding hydrogens is 314 g/mol. The minimum Gasteiger partial charge on any atom is -0.449 e. The first kappa shape index (κ1) is 17.0. The van der Waals surface area contributed by atoms with Crippen molar-refractivity contribution in [2.45, 2.75) is 32.9 Å².